The summed E-state index contributed by atoms with van der Waals surface area (Å²) in [7, 11) is 0. The first kappa shape index (κ1) is 6.23. The molecule has 0 radical (unpaired) electrons. The van der Waals surface area contributed by atoms with Gasteiger partial charge in [-0.3, -0.25) is 0 Å². The maximum Gasteiger partial charge on any atom is 0.000464 e. The van der Waals surface area contributed by atoms with E-state index in [1.54, 1.807) is 0 Å². The molecule has 0 spiro atoms. The highest BCUT2D eigenvalue weighted by molar-refractivity contribution is 5.64. The van der Waals surface area contributed by atoms with Crippen molar-refractivity contribution in [2.75, 3.05) is 0 Å². The maximum atomic E-state index is 3.01. The highest BCUT2D eigenvalue weighted by Gasteiger charge is 2.10. The summed E-state index contributed by atoms with van der Waals surface area (Å²) < 4.78 is 0. The van der Waals surface area contributed by atoms with Crippen molar-refractivity contribution in [1.29, 1.82) is 0 Å². The molecule has 1 aliphatic heterocycles. The lowest BCUT2D eigenvalue weighted by atomic mass is 10.3. The van der Waals surface area contributed by atoms with E-state index < -0.39 is 0 Å². The molecule has 2 rings (SSSR count). The van der Waals surface area contributed by atoms with Gasteiger partial charge in [0.25, 0.3) is 0 Å². The van der Waals surface area contributed by atoms with Gasteiger partial charge in [0.05, 0.1) is 0 Å². The molecule has 0 aromatic heterocycles. The first-order chi connectivity index (χ1) is 5.47. The minimum absolute atomic E-state index is 1.33. The number of hydrogen-bond donors (Lipinski definition) is 1. The molecule has 54 valence electrons. The van der Waals surface area contributed by atoms with Crippen molar-refractivity contribution in [2.24, 2.45) is 0 Å². The summed E-state index contributed by atoms with van der Waals surface area (Å²) in [5.74, 6) is 0. The normalized spacial score (nSPS) is 28.4. The highest BCUT2D eigenvalue weighted by atomic mass is 14.8. The summed E-state index contributed by atoms with van der Waals surface area (Å²) in [5.41, 5.74) is 2.66. The van der Waals surface area contributed by atoms with E-state index >= 15 is 0 Å². The van der Waals surface area contributed by atoms with Crippen LogP contribution >= 0.6 is 0 Å². The van der Waals surface area contributed by atoms with Gasteiger partial charge in [-0.1, -0.05) is 18.2 Å². The van der Waals surface area contributed by atoms with Crippen LogP contribution in [0, 0.1) is 0 Å². The van der Waals surface area contributed by atoms with Crippen LogP contribution in [0.1, 0.15) is 0 Å². The lowest BCUT2D eigenvalue weighted by Gasteiger charge is -1.87. The quantitative estimate of drug-likeness (QED) is 0.547. The summed E-state index contributed by atoms with van der Waals surface area (Å²) in [6, 6.07) is 0. The lowest BCUT2D eigenvalue weighted by Crippen LogP contribution is -1.89. The Kier molecular flexibility index (Phi) is 1.48. The van der Waals surface area contributed by atoms with Crippen LogP contribution in [-0.2, 0) is 0 Å². The van der Waals surface area contributed by atoms with Gasteiger partial charge < -0.3 is 5.32 Å². The zero-order valence-electron chi connectivity index (χ0n) is 6.12. The summed E-state index contributed by atoms with van der Waals surface area (Å²) in [6.07, 6.45) is 16.2. The van der Waals surface area contributed by atoms with E-state index in [1.807, 2.05) is 30.6 Å². The molecule has 0 aromatic carbocycles. The Bertz CT molecular complexity index is 301. The van der Waals surface area contributed by atoms with Crippen molar-refractivity contribution >= 4 is 0 Å². The number of nitrogens with one attached hydrogen (secondary N) is 1. The Morgan fingerprint density at radius 2 is 1.82 bits per heavy atom. The molecule has 1 aliphatic carbocycles. The second-order valence-electron chi connectivity index (χ2n) is 2.47. The molecular formula is C10H9N. The van der Waals surface area contributed by atoms with Crippen LogP contribution in [0.15, 0.2) is 60.0 Å². The van der Waals surface area contributed by atoms with Crippen LogP contribution < -0.4 is 5.32 Å². The SMILES string of the molecule is C1=C2C=C2/C=C\C=C/N/C=C\1. The van der Waals surface area contributed by atoms with Crippen molar-refractivity contribution in [1.82, 2.24) is 5.32 Å². The predicted octanol–water partition coefficient (Wildman–Crippen LogP) is 2.04. The molecule has 0 aromatic rings. The Morgan fingerprint density at radius 3 is 2.82 bits per heavy atom. The molecule has 1 heterocycles. The summed E-state index contributed by atoms with van der Waals surface area (Å²) >= 11 is 0. The largest absolute Gasteiger partial charge is 0.368 e. The first-order valence-corrected chi connectivity index (χ1v) is 3.65. The third kappa shape index (κ3) is 1.49. The van der Waals surface area contributed by atoms with Crippen molar-refractivity contribution < 1.29 is 0 Å². The molecule has 0 atom stereocenters. The second kappa shape index (κ2) is 2.62. The predicted molar refractivity (Wildman–Crippen MR) is 46.7 cm³/mol. The average Bonchev–Trinajstić information content (AvgIpc) is 2.76. The minimum Gasteiger partial charge on any atom is -0.368 e. The number of allylic oxidation sites excluding steroid dienone is 8. The molecule has 0 saturated carbocycles. The molecule has 11 heavy (non-hydrogen) atoms. The standard InChI is InChI=1S/C10H9N/c1-2-6-11-7-3-5-10-8-9(10)4-1/h1-8,11H/b4-1-,6-2-,7-3-,10-5?. The minimum atomic E-state index is 1.33. The smallest absolute Gasteiger partial charge is 0.000464 e. The molecule has 1 N–H and O–H groups in total. The van der Waals surface area contributed by atoms with Crippen LogP contribution in [0.5, 0.6) is 0 Å². The maximum absolute atomic E-state index is 3.01. The molecule has 0 fully saturated rings. The molecule has 1 nitrogen and oxygen atoms in total. The zero-order chi connectivity index (χ0) is 7.52. The Hall–Kier alpha value is -1.50. The number of rotatable bonds is 0. The van der Waals surface area contributed by atoms with Crippen molar-refractivity contribution in [3.05, 3.63) is 60.0 Å². The van der Waals surface area contributed by atoms with Gasteiger partial charge in [0.1, 0.15) is 0 Å². The van der Waals surface area contributed by atoms with Gasteiger partial charge in [-0.2, -0.15) is 0 Å². The average molecular weight is 143 g/mol. The van der Waals surface area contributed by atoms with Gasteiger partial charge in [0.15, 0.2) is 0 Å². The Labute approximate surface area is 66.1 Å². The van der Waals surface area contributed by atoms with Crippen molar-refractivity contribution in [2.45, 2.75) is 0 Å². The third-order valence-electron chi connectivity index (χ3n) is 1.61. The fourth-order valence-corrected chi connectivity index (χ4v) is 0.953. The molecule has 0 unspecified atom stereocenters. The van der Waals surface area contributed by atoms with Gasteiger partial charge >= 0.3 is 0 Å². The monoisotopic (exact) mass is 143 g/mol. The van der Waals surface area contributed by atoms with E-state index in [4.69, 9.17) is 0 Å². The molecule has 0 saturated heterocycles. The Morgan fingerprint density at radius 1 is 0.909 bits per heavy atom. The van der Waals surface area contributed by atoms with Crippen molar-refractivity contribution in [3.63, 3.8) is 0 Å². The van der Waals surface area contributed by atoms with Gasteiger partial charge in [0, 0.05) is 12.4 Å². The summed E-state index contributed by atoms with van der Waals surface area (Å²) in [6.45, 7) is 0. The lowest BCUT2D eigenvalue weighted by molar-refractivity contribution is 1.19. The van der Waals surface area contributed by atoms with E-state index in [2.05, 4.69) is 23.5 Å². The van der Waals surface area contributed by atoms with Gasteiger partial charge in [-0.15, -0.1) is 0 Å². The highest BCUT2D eigenvalue weighted by Crippen LogP contribution is 2.28. The number of hydrogen-bond acceptors (Lipinski definition) is 1. The second-order valence-corrected chi connectivity index (χ2v) is 2.47. The van der Waals surface area contributed by atoms with Crippen LogP contribution in [0.4, 0.5) is 0 Å². The third-order valence-corrected chi connectivity index (χ3v) is 1.61. The van der Waals surface area contributed by atoms with E-state index in [1.165, 1.54) is 11.1 Å². The van der Waals surface area contributed by atoms with Gasteiger partial charge in [-0.05, 0) is 29.4 Å². The van der Waals surface area contributed by atoms with Gasteiger partial charge in [0.2, 0.25) is 0 Å². The van der Waals surface area contributed by atoms with Gasteiger partial charge in [-0.25, -0.2) is 0 Å². The molecular weight excluding hydrogens is 134 g/mol. The zero-order valence-corrected chi connectivity index (χ0v) is 6.12. The fraction of sp³-hybridized carbons (Fsp3) is 0. The number of fused-ring (bicyclic) bond motifs is 1. The van der Waals surface area contributed by atoms with Crippen molar-refractivity contribution in [3.8, 4) is 0 Å². The van der Waals surface area contributed by atoms with E-state index in [0.29, 0.717) is 0 Å². The van der Waals surface area contributed by atoms with E-state index in [-0.39, 0.29) is 0 Å². The molecule has 0 bridgehead atoms. The Balaban J connectivity index is 2.17. The molecule has 0 amide bonds. The fourth-order valence-electron chi connectivity index (χ4n) is 0.953. The van der Waals surface area contributed by atoms with Crippen LogP contribution in [-0.4, -0.2) is 0 Å². The van der Waals surface area contributed by atoms with Crippen LogP contribution in [0.2, 0.25) is 0 Å². The first-order valence-electron chi connectivity index (χ1n) is 3.65. The topological polar surface area (TPSA) is 12.0 Å². The summed E-state index contributed by atoms with van der Waals surface area (Å²) in [4.78, 5) is 0. The molecule has 1 heteroatoms. The summed E-state index contributed by atoms with van der Waals surface area (Å²) in [5, 5.41) is 3.01. The van der Waals surface area contributed by atoms with Crippen LogP contribution in [0.25, 0.3) is 0 Å². The van der Waals surface area contributed by atoms with E-state index in [9.17, 15) is 0 Å². The van der Waals surface area contributed by atoms with Crippen LogP contribution in [0.3, 0.4) is 0 Å². The molecule has 2 aliphatic rings. The van der Waals surface area contributed by atoms with E-state index in [0.717, 1.165) is 0 Å².